The smallest absolute Gasteiger partial charge is 0.311 e. The van der Waals surface area contributed by atoms with Crippen LogP contribution in [0.25, 0.3) is 0 Å². The molecule has 0 amide bonds. The van der Waals surface area contributed by atoms with Gasteiger partial charge in [0.05, 0.1) is 17.9 Å². The summed E-state index contributed by atoms with van der Waals surface area (Å²) >= 11 is 0. The number of carbonyl (C=O) groups is 2. The summed E-state index contributed by atoms with van der Waals surface area (Å²) in [6.45, 7) is 8.13. The van der Waals surface area contributed by atoms with Crippen LogP contribution in [0.15, 0.2) is 0 Å². The van der Waals surface area contributed by atoms with Crippen LogP contribution in [0.5, 0.6) is 0 Å². The van der Waals surface area contributed by atoms with E-state index in [0.717, 1.165) is 44.4 Å². The SMILES string of the molecule is CCC(CC1CC(OC(=O)C(C)C)CCC1C)C(=O)OCOC1CC2CCC1C2. The van der Waals surface area contributed by atoms with E-state index in [9.17, 15) is 9.59 Å². The van der Waals surface area contributed by atoms with E-state index in [1.165, 1.54) is 19.3 Å². The Kier molecular flexibility index (Phi) is 8.00. The van der Waals surface area contributed by atoms with Gasteiger partial charge in [-0.3, -0.25) is 9.59 Å². The van der Waals surface area contributed by atoms with E-state index >= 15 is 0 Å². The lowest BCUT2D eigenvalue weighted by Crippen LogP contribution is -2.33. The lowest BCUT2D eigenvalue weighted by molar-refractivity contribution is -0.169. The van der Waals surface area contributed by atoms with Crippen molar-refractivity contribution in [2.75, 3.05) is 6.79 Å². The van der Waals surface area contributed by atoms with Crippen LogP contribution in [0.2, 0.25) is 0 Å². The molecule has 0 saturated heterocycles. The Morgan fingerprint density at radius 3 is 2.41 bits per heavy atom. The molecular formula is C24H40O5. The summed E-state index contributed by atoms with van der Waals surface area (Å²) in [5.74, 6) is 1.97. The van der Waals surface area contributed by atoms with Gasteiger partial charge in [-0.15, -0.1) is 0 Å². The van der Waals surface area contributed by atoms with Gasteiger partial charge in [-0.05, 0) is 81.5 Å². The molecule has 3 saturated carbocycles. The predicted molar refractivity (Wildman–Crippen MR) is 111 cm³/mol. The van der Waals surface area contributed by atoms with Crippen LogP contribution in [-0.2, 0) is 23.8 Å². The first-order valence-electron chi connectivity index (χ1n) is 11.9. The van der Waals surface area contributed by atoms with Gasteiger partial charge < -0.3 is 14.2 Å². The van der Waals surface area contributed by atoms with E-state index in [4.69, 9.17) is 14.2 Å². The molecule has 3 fully saturated rings. The molecule has 29 heavy (non-hydrogen) atoms. The second-order valence-corrected chi connectivity index (χ2v) is 10.1. The number of fused-ring (bicyclic) bond motifs is 2. The third kappa shape index (κ3) is 5.96. The van der Waals surface area contributed by atoms with Crippen LogP contribution in [0.3, 0.4) is 0 Å². The van der Waals surface area contributed by atoms with Crippen molar-refractivity contribution in [2.24, 2.45) is 35.5 Å². The van der Waals surface area contributed by atoms with Gasteiger partial charge in [-0.1, -0.05) is 27.7 Å². The van der Waals surface area contributed by atoms with Crippen LogP contribution in [0.1, 0.15) is 85.5 Å². The van der Waals surface area contributed by atoms with E-state index in [1.807, 2.05) is 20.8 Å². The molecule has 0 aromatic rings. The molecule has 0 aromatic carbocycles. The minimum Gasteiger partial charge on any atom is -0.462 e. The van der Waals surface area contributed by atoms with E-state index < -0.39 is 0 Å². The van der Waals surface area contributed by atoms with E-state index in [0.29, 0.717) is 17.8 Å². The van der Waals surface area contributed by atoms with Gasteiger partial charge in [0.1, 0.15) is 6.10 Å². The molecule has 3 aliphatic carbocycles. The molecule has 5 heteroatoms. The average molecular weight is 409 g/mol. The molecule has 166 valence electrons. The fourth-order valence-corrected chi connectivity index (χ4v) is 5.59. The van der Waals surface area contributed by atoms with E-state index in [-0.39, 0.29) is 42.8 Å². The van der Waals surface area contributed by atoms with E-state index in [1.54, 1.807) is 0 Å². The number of hydrogen-bond acceptors (Lipinski definition) is 5. The molecule has 7 atom stereocenters. The Morgan fingerprint density at radius 2 is 1.79 bits per heavy atom. The largest absolute Gasteiger partial charge is 0.462 e. The molecule has 0 aromatic heterocycles. The highest BCUT2D eigenvalue weighted by Gasteiger charge is 2.40. The molecule has 7 unspecified atom stereocenters. The Balaban J connectivity index is 1.43. The average Bonchev–Trinajstić information content (AvgIpc) is 3.31. The maximum Gasteiger partial charge on any atom is 0.311 e. The molecule has 0 radical (unpaired) electrons. The monoisotopic (exact) mass is 408 g/mol. The standard InChI is InChI=1S/C24H40O5/c1-5-18(24(26)28-14-27-22-11-17-7-8-19(22)10-17)12-20-13-21(9-6-16(20)4)29-23(25)15(2)3/h15-22H,5-14H2,1-4H3. The zero-order valence-corrected chi connectivity index (χ0v) is 18.7. The molecular weight excluding hydrogens is 368 g/mol. The molecule has 5 nitrogen and oxygen atoms in total. The number of hydrogen-bond donors (Lipinski definition) is 0. The first kappa shape index (κ1) is 22.6. The van der Waals surface area contributed by atoms with Gasteiger partial charge in [0.15, 0.2) is 6.79 Å². The zero-order valence-electron chi connectivity index (χ0n) is 18.7. The van der Waals surface area contributed by atoms with Crippen LogP contribution in [-0.4, -0.2) is 30.9 Å². The summed E-state index contributed by atoms with van der Waals surface area (Å²) < 4.78 is 17.1. The second kappa shape index (κ2) is 10.3. The maximum atomic E-state index is 12.6. The first-order chi connectivity index (χ1) is 13.9. The van der Waals surface area contributed by atoms with Gasteiger partial charge >= 0.3 is 11.9 Å². The molecule has 0 heterocycles. The first-order valence-corrected chi connectivity index (χ1v) is 11.9. The highest BCUT2D eigenvalue weighted by Crippen LogP contribution is 2.45. The summed E-state index contributed by atoms with van der Waals surface area (Å²) in [6, 6.07) is 0. The summed E-state index contributed by atoms with van der Waals surface area (Å²) in [4.78, 5) is 24.6. The zero-order chi connectivity index (χ0) is 21.0. The number of ether oxygens (including phenoxy) is 3. The molecule has 0 aliphatic heterocycles. The van der Waals surface area contributed by atoms with Crippen LogP contribution in [0.4, 0.5) is 0 Å². The quantitative estimate of drug-likeness (QED) is 0.392. The van der Waals surface area contributed by atoms with E-state index in [2.05, 4.69) is 6.92 Å². The fourth-order valence-electron chi connectivity index (χ4n) is 5.59. The Bertz CT molecular complexity index is 559. The number of esters is 2. The highest BCUT2D eigenvalue weighted by molar-refractivity contribution is 5.72. The molecule has 0 spiro atoms. The van der Waals surface area contributed by atoms with Crippen LogP contribution >= 0.6 is 0 Å². The van der Waals surface area contributed by atoms with Crippen molar-refractivity contribution in [2.45, 2.75) is 97.7 Å². The number of rotatable bonds is 9. The molecule has 3 aliphatic rings. The molecule has 0 N–H and O–H groups in total. The summed E-state index contributed by atoms with van der Waals surface area (Å²) in [6.07, 6.45) is 9.70. The Hall–Kier alpha value is -1.10. The summed E-state index contributed by atoms with van der Waals surface area (Å²) in [5, 5.41) is 0. The van der Waals surface area contributed by atoms with Crippen molar-refractivity contribution >= 4 is 11.9 Å². The van der Waals surface area contributed by atoms with Gasteiger partial charge in [0, 0.05) is 0 Å². The molecule has 3 rings (SSSR count). The van der Waals surface area contributed by atoms with Gasteiger partial charge in [0.25, 0.3) is 0 Å². The van der Waals surface area contributed by atoms with Crippen molar-refractivity contribution in [1.29, 1.82) is 0 Å². The lowest BCUT2D eigenvalue weighted by atomic mass is 9.74. The topological polar surface area (TPSA) is 61.8 Å². The lowest BCUT2D eigenvalue weighted by Gasteiger charge is -2.35. The van der Waals surface area contributed by atoms with Crippen molar-refractivity contribution in [3.8, 4) is 0 Å². The van der Waals surface area contributed by atoms with Gasteiger partial charge in [-0.25, -0.2) is 0 Å². The molecule has 2 bridgehead atoms. The van der Waals surface area contributed by atoms with Crippen molar-refractivity contribution in [1.82, 2.24) is 0 Å². The Labute approximate surface area is 176 Å². The minimum absolute atomic E-state index is 0.0132. The van der Waals surface area contributed by atoms with Crippen molar-refractivity contribution < 1.29 is 23.8 Å². The summed E-state index contributed by atoms with van der Waals surface area (Å²) in [5.41, 5.74) is 0. The van der Waals surface area contributed by atoms with Crippen molar-refractivity contribution in [3.05, 3.63) is 0 Å². The normalized spacial score (nSPS) is 34.9. The second-order valence-electron chi connectivity index (χ2n) is 10.1. The Morgan fingerprint density at radius 1 is 1.00 bits per heavy atom. The van der Waals surface area contributed by atoms with Crippen molar-refractivity contribution in [3.63, 3.8) is 0 Å². The summed E-state index contributed by atoms with van der Waals surface area (Å²) in [7, 11) is 0. The fraction of sp³-hybridized carbons (Fsp3) is 0.917. The number of carbonyl (C=O) groups excluding carboxylic acids is 2. The third-order valence-corrected chi connectivity index (χ3v) is 7.64. The predicted octanol–water partition coefficient (Wildman–Crippen LogP) is 5.11. The highest BCUT2D eigenvalue weighted by atomic mass is 16.7. The van der Waals surface area contributed by atoms with Crippen LogP contribution in [0, 0.1) is 35.5 Å². The van der Waals surface area contributed by atoms with Crippen LogP contribution < -0.4 is 0 Å². The maximum absolute atomic E-state index is 12.6. The minimum atomic E-state index is -0.135. The van der Waals surface area contributed by atoms with Gasteiger partial charge in [0.2, 0.25) is 0 Å². The van der Waals surface area contributed by atoms with Gasteiger partial charge in [-0.2, -0.15) is 0 Å². The third-order valence-electron chi connectivity index (χ3n) is 7.64.